The molecule has 19 heavy (non-hydrogen) atoms. The lowest BCUT2D eigenvalue weighted by atomic mass is 9.86. The van der Waals surface area contributed by atoms with E-state index in [1.54, 1.807) is 7.11 Å². The van der Waals surface area contributed by atoms with Gasteiger partial charge in [-0.05, 0) is 25.5 Å². The first kappa shape index (κ1) is 14.0. The van der Waals surface area contributed by atoms with Crippen LogP contribution in [0.25, 0.3) is 0 Å². The highest BCUT2D eigenvalue weighted by molar-refractivity contribution is 5.83. The number of amides is 1. The average Bonchev–Trinajstić information content (AvgIpc) is 2.90. The van der Waals surface area contributed by atoms with Gasteiger partial charge in [0.1, 0.15) is 0 Å². The average molecular weight is 262 g/mol. The molecular weight excluding hydrogens is 240 g/mol. The number of methoxy groups -OCH3 is 1. The minimum atomic E-state index is -0.419. The SMILES string of the molecule is COCC1(C(=O)N[C@H](C)c2ccccc2)CCNC1. The molecule has 4 nitrogen and oxygen atoms in total. The molecule has 1 unspecified atom stereocenters. The molecule has 0 saturated carbocycles. The smallest absolute Gasteiger partial charge is 0.230 e. The summed E-state index contributed by atoms with van der Waals surface area (Å²) in [6, 6.07) is 10.0. The van der Waals surface area contributed by atoms with Gasteiger partial charge in [-0.2, -0.15) is 0 Å². The minimum Gasteiger partial charge on any atom is -0.384 e. The van der Waals surface area contributed by atoms with Gasteiger partial charge in [0.25, 0.3) is 0 Å². The van der Waals surface area contributed by atoms with E-state index in [4.69, 9.17) is 4.74 Å². The van der Waals surface area contributed by atoms with Crippen molar-refractivity contribution in [1.29, 1.82) is 0 Å². The molecule has 0 spiro atoms. The van der Waals surface area contributed by atoms with Crippen LogP contribution in [0.2, 0.25) is 0 Å². The third-order valence-corrected chi connectivity index (χ3v) is 3.79. The first-order valence-corrected chi connectivity index (χ1v) is 6.73. The second-order valence-electron chi connectivity index (χ2n) is 5.25. The lowest BCUT2D eigenvalue weighted by molar-refractivity contribution is -0.133. The molecule has 0 radical (unpaired) electrons. The van der Waals surface area contributed by atoms with E-state index >= 15 is 0 Å². The molecule has 1 aromatic rings. The number of rotatable bonds is 5. The number of carbonyl (C=O) groups is 1. The molecule has 1 aliphatic heterocycles. The summed E-state index contributed by atoms with van der Waals surface area (Å²) in [7, 11) is 1.65. The van der Waals surface area contributed by atoms with Crippen molar-refractivity contribution in [2.24, 2.45) is 5.41 Å². The Morgan fingerprint density at radius 1 is 1.47 bits per heavy atom. The first-order valence-electron chi connectivity index (χ1n) is 6.73. The zero-order valence-electron chi connectivity index (χ0n) is 11.6. The van der Waals surface area contributed by atoms with Crippen LogP contribution in [0.3, 0.4) is 0 Å². The summed E-state index contributed by atoms with van der Waals surface area (Å²) < 4.78 is 5.24. The van der Waals surface area contributed by atoms with E-state index in [9.17, 15) is 4.79 Å². The highest BCUT2D eigenvalue weighted by Gasteiger charge is 2.41. The Bertz CT molecular complexity index is 413. The predicted octanol–water partition coefficient (Wildman–Crippen LogP) is 1.49. The van der Waals surface area contributed by atoms with Crippen LogP contribution in [0.4, 0.5) is 0 Å². The number of hydrogen-bond acceptors (Lipinski definition) is 3. The standard InChI is InChI=1S/C15H22N2O2/c1-12(13-6-4-3-5-7-13)17-14(18)15(11-19-2)8-9-16-10-15/h3-7,12,16H,8-11H2,1-2H3,(H,17,18)/t12-,15?/m1/s1. The Morgan fingerprint density at radius 3 is 2.79 bits per heavy atom. The number of benzene rings is 1. The van der Waals surface area contributed by atoms with Crippen LogP contribution < -0.4 is 10.6 Å². The Morgan fingerprint density at radius 2 is 2.21 bits per heavy atom. The molecule has 1 aromatic carbocycles. The van der Waals surface area contributed by atoms with Gasteiger partial charge < -0.3 is 15.4 Å². The quantitative estimate of drug-likeness (QED) is 0.845. The summed E-state index contributed by atoms with van der Waals surface area (Å²) in [4.78, 5) is 12.5. The fourth-order valence-electron chi connectivity index (χ4n) is 2.58. The second kappa shape index (κ2) is 6.17. The summed E-state index contributed by atoms with van der Waals surface area (Å²) in [5.41, 5.74) is 0.701. The fourth-order valence-corrected chi connectivity index (χ4v) is 2.58. The lowest BCUT2D eigenvalue weighted by Gasteiger charge is -2.28. The zero-order chi connectivity index (χ0) is 13.7. The summed E-state index contributed by atoms with van der Waals surface area (Å²) in [6.45, 7) is 4.04. The maximum absolute atomic E-state index is 12.5. The van der Waals surface area contributed by atoms with Gasteiger partial charge >= 0.3 is 0 Å². The van der Waals surface area contributed by atoms with Crippen molar-refractivity contribution in [3.63, 3.8) is 0 Å². The van der Waals surface area contributed by atoms with E-state index in [0.717, 1.165) is 18.5 Å². The molecule has 2 rings (SSSR count). The Hall–Kier alpha value is -1.39. The van der Waals surface area contributed by atoms with E-state index in [1.165, 1.54) is 0 Å². The summed E-state index contributed by atoms with van der Waals surface area (Å²) >= 11 is 0. The number of ether oxygens (including phenoxy) is 1. The van der Waals surface area contributed by atoms with E-state index in [-0.39, 0.29) is 11.9 Å². The van der Waals surface area contributed by atoms with Crippen molar-refractivity contribution in [3.8, 4) is 0 Å². The van der Waals surface area contributed by atoms with Gasteiger partial charge in [0.15, 0.2) is 0 Å². The van der Waals surface area contributed by atoms with Crippen molar-refractivity contribution >= 4 is 5.91 Å². The molecule has 0 aromatic heterocycles. The van der Waals surface area contributed by atoms with E-state index in [0.29, 0.717) is 13.2 Å². The van der Waals surface area contributed by atoms with Crippen LogP contribution in [0.5, 0.6) is 0 Å². The monoisotopic (exact) mass is 262 g/mol. The molecule has 0 bridgehead atoms. The number of nitrogens with one attached hydrogen (secondary N) is 2. The molecule has 1 amide bonds. The van der Waals surface area contributed by atoms with Crippen LogP contribution in [-0.2, 0) is 9.53 Å². The van der Waals surface area contributed by atoms with E-state index in [1.807, 2.05) is 37.3 Å². The second-order valence-corrected chi connectivity index (χ2v) is 5.25. The van der Waals surface area contributed by atoms with Crippen LogP contribution in [-0.4, -0.2) is 32.7 Å². The molecule has 2 atom stereocenters. The van der Waals surface area contributed by atoms with Crippen molar-refractivity contribution in [2.45, 2.75) is 19.4 Å². The number of carbonyl (C=O) groups excluding carboxylic acids is 1. The largest absolute Gasteiger partial charge is 0.384 e. The van der Waals surface area contributed by atoms with Gasteiger partial charge in [0.05, 0.1) is 18.1 Å². The van der Waals surface area contributed by atoms with E-state index < -0.39 is 5.41 Å². The van der Waals surface area contributed by atoms with Crippen molar-refractivity contribution < 1.29 is 9.53 Å². The Balaban J connectivity index is 2.03. The molecule has 0 aliphatic carbocycles. The van der Waals surface area contributed by atoms with Gasteiger partial charge in [-0.15, -0.1) is 0 Å². The van der Waals surface area contributed by atoms with Crippen LogP contribution in [0, 0.1) is 5.41 Å². The van der Waals surface area contributed by atoms with Crippen molar-refractivity contribution in [3.05, 3.63) is 35.9 Å². The van der Waals surface area contributed by atoms with Crippen LogP contribution in [0.1, 0.15) is 24.9 Å². The predicted molar refractivity (Wildman–Crippen MR) is 74.8 cm³/mol. The molecule has 2 N–H and O–H groups in total. The van der Waals surface area contributed by atoms with Gasteiger partial charge in [-0.1, -0.05) is 30.3 Å². The summed E-state index contributed by atoms with van der Waals surface area (Å²) in [5, 5.41) is 6.36. The van der Waals surface area contributed by atoms with Gasteiger partial charge in [0.2, 0.25) is 5.91 Å². The topological polar surface area (TPSA) is 50.4 Å². The van der Waals surface area contributed by atoms with Gasteiger partial charge in [-0.25, -0.2) is 0 Å². The van der Waals surface area contributed by atoms with Crippen LogP contribution in [0.15, 0.2) is 30.3 Å². The molecule has 1 fully saturated rings. The van der Waals surface area contributed by atoms with Crippen LogP contribution >= 0.6 is 0 Å². The Labute approximate surface area is 114 Å². The Kier molecular flexibility index (Phi) is 4.56. The lowest BCUT2D eigenvalue weighted by Crippen LogP contribution is -2.46. The van der Waals surface area contributed by atoms with Gasteiger partial charge in [-0.3, -0.25) is 4.79 Å². The molecule has 1 saturated heterocycles. The normalized spacial score (nSPS) is 24.1. The summed E-state index contributed by atoms with van der Waals surface area (Å²) in [6.07, 6.45) is 0.828. The zero-order valence-corrected chi connectivity index (χ0v) is 11.6. The number of hydrogen-bond donors (Lipinski definition) is 2. The molecule has 1 aliphatic rings. The third kappa shape index (κ3) is 3.14. The maximum Gasteiger partial charge on any atom is 0.230 e. The highest BCUT2D eigenvalue weighted by atomic mass is 16.5. The first-order chi connectivity index (χ1) is 9.18. The highest BCUT2D eigenvalue weighted by Crippen LogP contribution is 2.27. The third-order valence-electron chi connectivity index (χ3n) is 3.79. The minimum absolute atomic E-state index is 0.0167. The molecular formula is C15H22N2O2. The van der Waals surface area contributed by atoms with Crippen molar-refractivity contribution in [1.82, 2.24) is 10.6 Å². The maximum atomic E-state index is 12.5. The van der Waals surface area contributed by atoms with Crippen molar-refractivity contribution in [2.75, 3.05) is 26.8 Å². The molecule has 104 valence electrons. The summed E-state index contributed by atoms with van der Waals surface area (Å²) in [5.74, 6) is 0.0794. The van der Waals surface area contributed by atoms with E-state index in [2.05, 4.69) is 10.6 Å². The van der Waals surface area contributed by atoms with Gasteiger partial charge in [0, 0.05) is 13.7 Å². The molecule has 1 heterocycles. The fraction of sp³-hybridized carbons (Fsp3) is 0.533. The molecule has 4 heteroatoms.